The fourth-order valence-corrected chi connectivity index (χ4v) is 3.47. The molecule has 0 unspecified atom stereocenters. The number of amides is 1. The lowest BCUT2D eigenvalue weighted by Gasteiger charge is -2.18. The fraction of sp³-hybridized carbons (Fsp3) is 0.533. The first-order chi connectivity index (χ1) is 11.7. The van der Waals surface area contributed by atoms with E-state index in [2.05, 4.69) is 26.1 Å². The molecule has 6 nitrogen and oxygen atoms in total. The van der Waals surface area contributed by atoms with Crippen molar-refractivity contribution in [3.8, 4) is 0 Å². The standard InChI is InChI=1S/C15H17BrF3N5O/c1-22(7-10-5-6-20-23(10)2)11(25)8-24-13(9-3-4-9)12(16)14(21-24)15(17,18)19/h5-6,9H,3-4,7-8H2,1-2H3. The Hall–Kier alpha value is -1.84. The first kappa shape index (κ1) is 18.0. The van der Waals surface area contributed by atoms with Gasteiger partial charge in [0.25, 0.3) is 0 Å². The van der Waals surface area contributed by atoms with Crippen molar-refractivity contribution < 1.29 is 18.0 Å². The van der Waals surface area contributed by atoms with E-state index >= 15 is 0 Å². The van der Waals surface area contributed by atoms with E-state index in [1.165, 1.54) is 9.58 Å². The molecule has 2 heterocycles. The first-order valence-corrected chi connectivity index (χ1v) is 8.52. The lowest BCUT2D eigenvalue weighted by molar-refractivity contribution is -0.142. The summed E-state index contributed by atoms with van der Waals surface area (Å²) in [5, 5.41) is 7.69. The highest BCUT2D eigenvalue weighted by atomic mass is 79.9. The molecule has 2 aromatic heterocycles. The molecule has 10 heteroatoms. The third-order valence-corrected chi connectivity index (χ3v) is 4.98. The third-order valence-electron chi connectivity index (χ3n) is 4.20. The summed E-state index contributed by atoms with van der Waals surface area (Å²) in [7, 11) is 3.37. The smallest absolute Gasteiger partial charge is 0.338 e. The molecule has 0 aromatic carbocycles. The first-order valence-electron chi connectivity index (χ1n) is 7.72. The number of likely N-dealkylation sites (N-methyl/N-ethyl adjacent to an activating group) is 1. The summed E-state index contributed by atoms with van der Waals surface area (Å²) >= 11 is 3.02. The van der Waals surface area contributed by atoms with Crippen LogP contribution in [-0.4, -0.2) is 37.4 Å². The van der Waals surface area contributed by atoms with Crippen molar-refractivity contribution in [3.05, 3.63) is 33.8 Å². The quantitative estimate of drug-likeness (QED) is 0.748. The number of carbonyl (C=O) groups excluding carboxylic acids is 1. The van der Waals surface area contributed by atoms with Crippen LogP contribution in [0.4, 0.5) is 13.2 Å². The van der Waals surface area contributed by atoms with Gasteiger partial charge in [-0.1, -0.05) is 0 Å². The van der Waals surface area contributed by atoms with Crippen LogP contribution >= 0.6 is 15.9 Å². The van der Waals surface area contributed by atoms with Crippen LogP contribution in [0, 0.1) is 0 Å². The Bertz CT molecular complexity index is 794. The molecule has 1 aliphatic carbocycles. The second-order valence-electron chi connectivity index (χ2n) is 6.17. The second kappa shape index (κ2) is 6.47. The minimum absolute atomic E-state index is 0.0214. The van der Waals surface area contributed by atoms with Gasteiger partial charge in [-0.25, -0.2) is 0 Å². The monoisotopic (exact) mass is 419 g/mol. The summed E-state index contributed by atoms with van der Waals surface area (Å²) in [5.41, 5.74) is 0.307. The minimum Gasteiger partial charge on any atom is -0.338 e. The molecule has 0 radical (unpaired) electrons. The number of aryl methyl sites for hydroxylation is 1. The zero-order valence-corrected chi connectivity index (χ0v) is 15.3. The molecule has 0 spiro atoms. The Balaban J connectivity index is 1.80. The molecule has 1 fully saturated rings. The summed E-state index contributed by atoms with van der Waals surface area (Å²) < 4.78 is 42.1. The van der Waals surface area contributed by atoms with Gasteiger partial charge < -0.3 is 4.90 Å². The van der Waals surface area contributed by atoms with Gasteiger partial charge >= 0.3 is 6.18 Å². The molecule has 1 saturated carbocycles. The van der Waals surface area contributed by atoms with E-state index in [4.69, 9.17) is 0 Å². The molecule has 0 N–H and O–H groups in total. The number of carbonyl (C=O) groups is 1. The Morgan fingerprint density at radius 1 is 1.44 bits per heavy atom. The van der Waals surface area contributed by atoms with E-state index in [1.807, 2.05) is 0 Å². The summed E-state index contributed by atoms with van der Waals surface area (Å²) in [6.07, 6.45) is -1.32. The van der Waals surface area contributed by atoms with Crippen molar-refractivity contribution in [2.45, 2.75) is 38.0 Å². The van der Waals surface area contributed by atoms with Crippen LogP contribution in [0.5, 0.6) is 0 Å². The predicted octanol–water partition coefficient (Wildman–Crippen LogP) is 2.93. The third kappa shape index (κ3) is 3.73. The van der Waals surface area contributed by atoms with Gasteiger partial charge in [0.2, 0.25) is 5.91 Å². The molecule has 3 rings (SSSR count). The topological polar surface area (TPSA) is 56.0 Å². The maximum Gasteiger partial charge on any atom is 0.436 e. The van der Waals surface area contributed by atoms with E-state index < -0.39 is 11.9 Å². The predicted molar refractivity (Wildman–Crippen MR) is 86.6 cm³/mol. The number of nitrogens with zero attached hydrogens (tertiary/aromatic N) is 5. The van der Waals surface area contributed by atoms with Crippen molar-refractivity contribution in [3.63, 3.8) is 0 Å². The highest BCUT2D eigenvalue weighted by molar-refractivity contribution is 9.10. The van der Waals surface area contributed by atoms with Crippen molar-refractivity contribution >= 4 is 21.8 Å². The Morgan fingerprint density at radius 3 is 2.64 bits per heavy atom. The molecule has 1 amide bonds. The van der Waals surface area contributed by atoms with Crippen LogP contribution in [0.25, 0.3) is 0 Å². The van der Waals surface area contributed by atoms with E-state index in [0.717, 1.165) is 18.5 Å². The van der Waals surface area contributed by atoms with Crippen molar-refractivity contribution in [1.29, 1.82) is 0 Å². The van der Waals surface area contributed by atoms with Crippen molar-refractivity contribution in [2.75, 3.05) is 7.05 Å². The zero-order chi connectivity index (χ0) is 18.4. The molecule has 0 bridgehead atoms. The number of rotatable bonds is 5. The average molecular weight is 420 g/mol. The number of hydrogen-bond acceptors (Lipinski definition) is 3. The van der Waals surface area contributed by atoms with Gasteiger partial charge in [-0.3, -0.25) is 14.2 Å². The molecule has 0 atom stereocenters. The molecule has 25 heavy (non-hydrogen) atoms. The second-order valence-corrected chi connectivity index (χ2v) is 6.97. The van der Waals surface area contributed by atoms with Gasteiger partial charge in [-0.2, -0.15) is 23.4 Å². The lowest BCUT2D eigenvalue weighted by Crippen LogP contribution is -2.31. The van der Waals surface area contributed by atoms with Crippen LogP contribution in [0.2, 0.25) is 0 Å². The van der Waals surface area contributed by atoms with Gasteiger partial charge in [0.05, 0.1) is 22.4 Å². The molecule has 0 saturated heterocycles. The highest BCUT2D eigenvalue weighted by Crippen LogP contribution is 2.46. The summed E-state index contributed by atoms with van der Waals surface area (Å²) in [6.45, 7) is 0.0948. The summed E-state index contributed by atoms with van der Waals surface area (Å²) in [4.78, 5) is 13.9. The van der Waals surface area contributed by atoms with Crippen LogP contribution in [0.1, 0.15) is 35.8 Å². The summed E-state index contributed by atoms with van der Waals surface area (Å²) in [5.74, 6) is -0.292. The van der Waals surface area contributed by atoms with Gasteiger partial charge in [-0.15, -0.1) is 0 Å². The maximum atomic E-state index is 13.1. The Morgan fingerprint density at radius 2 is 2.12 bits per heavy atom. The molecule has 136 valence electrons. The number of aromatic nitrogens is 4. The number of alkyl halides is 3. The maximum absolute atomic E-state index is 13.1. The number of hydrogen-bond donors (Lipinski definition) is 0. The Labute approximate surface area is 150 Å². The van der Waals surface area contributed by atoms with Gasteiger partial charge in [0.15, 0.2) is 5.69 Å². The number of halogens is 4. The van der Waals surface area contributed by atoms with Crippen molar-refractivity contribution in [1.82, 2.24) is 24.5 Å². The SMILES string of the molecule is CN(Cc1ccnn1C)C(=O)Cn1nc(C(F)(F)F)c(Br)c1C1CC1. The van der Waals surface area contributed by atoms with Crippen LogP contribution < -0.4 is 0 Å². The summed E-state index contributed by atoms with van der Waals surface area (Å²) in [6, 6.07) is 1.78. The molecular formula is C15H17BrF3N5O. The van der Waals surface area contributed by atoms with E-state index in [1.54, 1.807) is 31.0 Å². The van der Waals surface area contributed by atoms with Gasteiger partial charge in [0, 0.05) is 26.2 Å². The average Bonchev–Trinajstić information content (AvgIpc) is 3.18. The molecule has 0 aliphatic heterocycles. The Kier molecular flexibility index (Phi) is 4.65. The van der Waals surface area contributed by atoms with E-state index in [-0.39, 0.29) is 22.8 Å². The molecule has 2 aromatic rings. The minimum atomic E-state index is -4.56. The van der Waals surface area contributed by atoms with Gasteiger partial charge in [0.1, 0.15) is 6.54 Å². The molecular weight excluding hydrogens is 403 g/mol. The van der Waals surface area contributed by atoms with Crippen LogP contribution in [0.3, 0.4) is 0 Å². The van der Waals surface area contributed by atoms with E-state index in [9.17, 15) is 18.0 Å². The van der Waals surface area contributed by atoms with Crippen LogP contribution in [-0.2, 0) is 31.1 Å². The lowest BCUT2D eigenvalue weighted by atomic mass is 10.2. The molecule has 1 aliphatic rings. The highest BCUT2D eigenvalue weighted by Gasteiger charge is 2.42. The van der Waals surface area contributed by atoms with Crippen LogP contribution in [0.15, 0.2) is 16.7 Å². The van der Waals surface area contributed by atoms with Crippen molar-refractivity contribution in [2.24, 2.45) is 7.05 Å². The van der Waals surface area contributed by atoms with E-state index in [0.29, 0.717) is 12.2 Å². The largest absolute Gasteiger partial charge is 0.436 e. The normalized spacial score (nSPS) is 14.8. The fourth-order valence-electron chi connectivity index (χ4n) is 2.64. The van der Waals surface area contributed by atoms with Gasteiger partial charge in [-0.05, 0) is 34.8 Å². The zero-order valence-electron chi connectivity index (χ0n) is 13.7.